The number of hydrogen-bond donors (Lipinski definition) is 1. The molecule has 1 heterocycles. The van der Waals surface area contributed by atoms with Gasteiger partial charge in [0.05, 0.1) is 13.1 Å². The van der Waals surface area contributed by atoms with Gasteiger partial charge in [0.15, 0.2) is 11.6 Å². The van der Waals surface area contributed by atoms with Gasteiger partial charge >= 0.3 is 0 Å². The standard InChI is InChI=1S/C15H16F2N2OS/c1-19(9-11-4-5-13(16)14(17)7-11)10-15(20)18-8-12-3-2-6-21-12/h2-7H,8-10H2,1H3,(H,18,20). The first-order valence-corrected chi connectivity index (χ1v) is 7.34. The largest absolute Gasteiger partial charge is 0.350 e. The summed E-state index contributed by atoms with van der Waals surface area (Å²) in [6, 6.07) is 7.64. The second-order valence-electron chi connectivity index (χ2n) is 4.78. The normalized spacial score (nSPS) is 10.9. The summed E-state index contributed by atoms with van der Waals surface area (Å²) >= 11 is 1.58. The fourth-order valence-corrected chi connectivity index (χ4v) is 2.55. The van der Waals surface area contributed by atoms with E-state index in [9.17, 15) is 13.6 Å². The molecule has 0 radical (unpaired) electrons. The maximum Gasteiger partial charge on any atom is 0.234 e. The van der Waals surface area contributed by atoms with Crippen LogP contribution in [0.5, 0.6) is 0 Å². The molecule has 1 N–H and O–H groups in total. The molecule has 1 amide bonds. The Morgan fingerprint density at radius 2 is 2.10 bits per heavy atom. The third-order valence-electron chi connectivity index (χ3n) is 2.89. The highest BCUT2D eigenvalue weighted by Gasteiger charge is 2.09. The van der Waals surface area contributed by atoms with Crippen molar-refractivity contribution in [3.8, 4) is 0 Å². The van der Waals surface area contributed by atoms with Crippen molar-refractivity contribution in [3.05, 3.63) is 57.8 Å². The van der Waals surface area contributed by atoms with Crippen LogP contribution in [0.2, 0.25) is 0 Å². The van der Waals surface area contributed by atoms with E-state index in [4.69, 9.17) is 0 Å². The van der Waals surface area contributed by atoms with Crippen LogP contribution in [0.15, 0.2) is 35.7 Å². The van der Waals surface area contributed by atoms with Crippen molar-refractivity contribution >= 4 is 17.2 Å². The van der Waals surface area contributed by atoms with Crippen LogP contribution in [0.25, 0.3) is 0 Å². The molecular weight excluding hydrogens is 294 g/mol. The summed E-state index contributed by atoms with van der Waals surface area (Å²) in [6.07, 6.45) is 0. The van der Waals surface area contributed by atoms with Crippen LogP contribution in [0.4, 0.5) is 8.78 Å². The minimum atomic E-state index is -0.872. The Balaban J connectivity index is 1.79. The summed E-state index contributed by atoms with van der Waals surface area (Å²) in [4.78, 5) is 14.6. The van der Waals surface area contributed by atoms with E-state index in [-0.39, 0.29) is 12.5 Å². The molecule has 0 saturated heterocycles. The number of thiophene rings is 1. The van der Waals surface area contributed by atoms with Gasteiger partial charge in [0.1, 0.15) is 0 Å². The van der Waals surface area contributed by atoms with Crippen molar-refractivity contribution in [2.75, 3.05) is 13.6 Å². The lowest BCUT2D eigenvalue weighted by Gasteiger charge is -2.16. The monoisotopic (exact) mass is 310 g/mol. The van der Waals surface area contributed by atoms with Crippen molar-refractivity contribution in [2.24, 2.45) is 0 Å². The average molecular weight is 310 g/mol. The van der Waals surface area contributed by atoms with E-state index in [0.717, 1.165) is 17.0 Å². The van der Waals surface area contributed by atoms with E-state index in [2.05, 4.69) is 5.32 Å². The Labute approximate surface area is 126 Å². The number of carbonyl (C=O) groups is 1. The first-order valence-electron chi connectivity index (χ1n) is 6.46. The van der Waals surface area contributed by atoms with Gasteiger partial charge in [0.25, 0.3) is 0 Å². The molecule has 0 bridgehead atoms. The first-order chi connectivity index (χ1) is 10.0. The fourth-order valence-electron chi connectivity index (χ4n) is 1.91. The number of amides is 1. The first kappa shape index (κ1) is 15.6. The molecule has 0 aliphatic carbocycles. The summed E-state index contributed by atoms with van der Waals surface area (Å²) in [5.74, 6) is -1.84. The lowest BCUT2D eigenvalue weighted by Crippen LogP contribution is -2.34. The molecule has 1 aromatic carbocycles. The van der Waals surface area contributed by atoms with E-state index in [1.54, 1.807) is 23.3 Å². The van der Waals surface area contributed by atoms with E-state index < -0.39 is 11.6 Å². The zero-order valence-electron chi connectivity index (χ0n) is 11.6. The van der Waals surface area contributed by atoms with Gasteiger partial charge in [0.2, 0.25) is 5.91 Å². The zero-order valence-corrected chi connectivity index (χ0v) is 12.4. The topological polar surface area (TPSA) is 32.3 Å². The van der Waals surface area contributed by atoms with Crippen LogP contribution < -0.4 is 5.32 Å². The van der Waals surface area contributed by atoms with E-state index >= 15 is 0 Å². The quantitative estimate of drug-likeness (QED) is 0.890. The zero-order chi connectivity index (χ0) is 15.2. The number of rotatable bonds is 6. The Bertz CT molecular complexity index is 602. The molecule has 21 heavy (non-hydrogen) atoms. The smallest absolute Gasteiger partial charge is 0.234 e. The molecule has 0 unspecified atom stereocenters. The molecule has 1 aromatic heterocycles. The molecule has 0 atom stereocenters. The van der Waals surface area contributed by atoms with Crippen LogP contribution in [0.3, 0.4) is 0 Å². The summed E-state index contributed by atoms with van der Waals surface area (Å²) in [5.41, 5.74) is 0.627. The molecule has 3 nitrogen and oxygen atoms in total. The van der Waals surface area contributed by atoms with Crippen LogP contribution in [-0.2, 0) is 17.9 Å². The summed E-state index contributed by atoms with van der Waals surface area (Å²) in [7, 11) is 1.76. The van der Waals surface area contributed by atoms with Gasteiger partial charge in [-0.15, -0.1) is 11.3 Å². The van der Waals surface area contributed by atoms with Crippen LogP contribution in [0.1, 0.15) is 10.4 Å². The number of benzene rings is 1. The maximum atomic E-state index is 13.1. The Hall–Kier alpha value is -1.79. The minimum absolute atomic E-state index is 0.103. The third kappa shape index (κ3) is 4.91. The lowest BCUT2D eigenvalue weighted by atomic mass is 10.2. The Kier molecular flexibility index (Phi) is 5.41. The Morgan fingerprint density at radius 1 is 1.29 bits per heavy atom. The molecule has 6 heteroatoms. The molecule has 0 saturated carbocycles. The van der Waals surface area contributed by atoms with Crippen molar-refractivity contribution in [1.29, 1.82) is 0 Å². The predicted octanol–water partition coefficient (Wildman–Crippen LogP) is 2.77. The van der Waals surface area contributed by atoms with E-state index in [0.29, 0.717) is 18.7 Å². The number of likely N-dealkylation sites (N-methyl/N-ethyl adjacent to an activating group) is 1. The van der Waals surface area contributed by atoms with E-state index in [1.165, 1.54) is 6.07 Å². The molecule has 2 aromatic rings. The number of halogens is 2. The third-order valence-corrected chi connectivity index (χ3v) is 3.77. The highest BCUT2D eigenvalue weighted by molar-refractivity contribution is 7.09. The van der Waals surface area contributed by atoms with Crippen molar-refractivity contribution in [3.63, 3.8) is 0 Å². The number of carbonyl (C=O) groups excluding carboxylic acids is 1. The average Bonchev–Trinajstić information content (AvgIpc) is 2.94. The van der Waals surface area contributed by atoms with Crippen LogP contribution in [0, 0.1) is 11.6 Å². The molecule has 112 valence electrons. The summed E-state index contributed by atoms with van der Waals surface area (Å²) in [5, 5.41) is 4.77. The Morgan fingerprint density at radius 3 is 2.76 bits per heavy atom. The van der Waals surface area contributed by atoms with Gasteiger partial charge in [-0.05, 0) is 36.2 Å². The number of nitrogens with zero attached hydrogens (tertiary/aromatic N) is 1. The minimum Gasteiger partial charge on any atom is -0.350 e. The number of hydrogen-bond acceptors (Lipinski definition) is 3. The fraction of sp³-hybridized carbons (Fsp3) is 0.267. The van der Waals surface area contributed by atoms with E-state index in [1.807, 2.05) is 17.5 Å². The lowest BCUT2D eigenvalue weighted by molar-refractivity contribution is -0.122. The van der Waals surface area contributed by atoms with Crippen LogP contribution >= 0.6 is 11.3 Å². The van der Waals surface area contributed by atoms with Gasteiger partial charge in [0, 0.05) is 11.4 Å². The van der Waals surface area contributed by atoms with Gasteiger partial charge in [-0.1, -0.05) is 12.1 Å². The highest BCUT2D eigenvalue weighted by atomic mass is 32.1. The predicted molar refractivity (Wildman–Crippen MR) is 78.9 cm³/mol. The van der Waals surface area contributed by atoms with Crippen molar-refractivity contribution < 1.29 is 13.6 Å². The van der Waals surface area contributed by atoms with Crippen LogP contribution in [-0.4, -0.2) is 24.4 Å². The molecule has 0 aliphatic heterocycles. The second kappa shape index (κ2) is 7.28. The van der Waals surface area contributed by atoms with Gasteiger partial charge in [-0.25, -0.2) is 8.78 Å². The summed E-state index contributed by atoms with van der Waals surface area (Å²) in [6.45, 7) is 1.09. The van der Waals surface area contributed by atoms with Gasteiger partial charge in [-0.3, -0.25) is 9.69 Å². The molecule has 0 fully saturated rings. The molecule has 2 rings (SSSR count). The molecular formula is C15H16F2N2OS. The number of nitrogens with one attached hydrogen (secondary N) is 1. The highest BCUT2D eigenvalue weighted by Crippen LogP contribution is 2.10. The van der Waals surface area contributed by atoms with Gasteiger partial charge in [-0.2, -0.15) is 0 Å². The second-order valence-corrected chi connectivity index (χ2v) is 5.81. The maximum absolute atomic E-state index is 13.1. The summed E-state index contributed by atoms with van der Waals surface area (Å²) < 4.78 is 25.9. The molecule has 0 aliphatic rings. The van der Waals surface area contributed by atoms with Crippen molar-refractivity contribution in [1.82, 2.24) is 10.2 Å². The van der Waals surface area contributed by atoms with Gasteiger partial charge < -0.3 is 5.32 Å². The SMILES string of the molecule is CN(CC(=O)NCc1cccs1)Cc1ccc(F)c(F)c1. The van der Waals surface area contributed by atoms with Crippen molar-refractivity contribution in [2.45, 2.75) is 13.1 Å². The molecule has 0 spiro atoms.